The normalized spacial score (nSPS) is 12.0. The molecule has 0 aliphatic heterocycles. The average molecular weight is 358 g/mol. The number of hydrogen-bond donors (Lipinski definition) is 3. The van der Waals surface area contributed by atoms with Gasteiger partial charge in [-0.25, -0.2) is 4.79 Å². The van der Waals surface area contributed by atoms with Gasteiger partial charge in [0.2, 0.25) is 0 Å². The Morgan fingerprint density at radius 3 is 2.23 bits per heavy atom. The van der Waals surface area contributed by atoms with Gasteiger partial charge in [-0.05, 0) is 58.2 Å². The molecule has 2 aromatic rings. The lowest BCUT2D eigenvalue weighted by Crippen LogP contribution is -2.22. The van der Waals surface area contributed by atoms with E-state index in [-0.39, 0.29) is 12.3 Å². The summed E-state index contributed by atoms with van der Waals surface area (Å²) < 4.78 is 5.13. The maximum Gasteiger partial charge on any atom is 0.355 e. The van der Waals surface area contributed by atoms with Crippen molar-refractivity contribution in [2.45, 2.75) is 47.6 Å². The molecule has 0 saturated heterocycles. The molecule has 1 amide bonds. The van der Waals surface area contributed by atoms with Gasteiger partial charge in [0.15, 0.2) is 6.61 Å². The highest BCUT2D eigenvalue weighted by atomic mass is 16.5. The lowest BCUT2D eigenvalue weighted by molar-refractivity contribution is -0.119. The van der Waals surface area contributed by atoms with Gasteiger partial charge in [-0.1, -0.05) is 17.7 Å². The van der Waals surface area contributed by atoms with Gasteiger partial charge in [0.25, 0.3) is 5.91 Å². The number of anilines is 1. The smallest absolute Gasteiger partial charge is 0.355 e. The predicted molar refractivity (Wildman–Crippen MR) is 100 cm³/mol. The Balaban J connectivity index is 2.04. The number of carbonyl (C=O) groups excluding carboxylic acids is 2. The van der Waals surface area contributed by atoms with Crippen molar-refractivity contribution in [2.24, 2.45) is 0 Å². The number of aliphatic hydroxyl groups excluding tert-OH is 1. The van der Waals surface area contributed by atoms with Crippen molar-refractivity contribution in [3.63, 3.8) is 0 Å². The van der Waals surface area contributed by atoms with Crippen LogP contribution < -0.4 is 5.32 Å². The minimum atomic E-state index is -0.691. The van der Waals surface area contributed by atoms with Gasteiger partial charge in [0.05, 0.1) is 6.10 Å². The molecule has 26 heavy (non-hydrogen) atoms. The number of aliphatic hydroxyl groups is 1. The van der Waals surface area contributed by atoms with Crippen LogP contribution in [0.25, 0.3) is 0 Å². The Bertz CT molecular complexity index is 827. The van der Waals surface area contributed by atoms with Gasteiger partial charge < -0.3 is 20.1 Å². The SMILES string of the molecule is Cc1cc(C)c(NC(=O)COC(=O)c2[nH]c(C)c([C@H](C)O)c2C)c(C)c1. The molecule has 0 unspecified atom stereocenters. The Hall–Kier alpha value is -2.60. The number of hydrogen-bond acceptors (Lipinski definition) is 4. The van der Waals surface area contributed by atoms with Crippen molar-refractivity contribution in [2.75, 3.05) is 11.9 Å². The van der Waals surface area contributed by atoms with Crippen LogP contribution >= 0.6 is 0 Å². The first-order chi connectivity index (χ1) is 12.1. The lowest BCUT2D eigenvalue weighted by Gasteiger charge is -2.13. The Labute approximate surface area is 153 Å². The van der Waals surface area contributed by atoms with E-state index in [2.05, 4.69) is 10.3 Å². The van der Waals surface area contributed by atoms with E-state index in [1.54, 1.807) is 20.8 Å². The first kappa shape index (κ1) is 19.7. The summed E-state index contributed by atoms with van der Waals surface area (Å²) in [4.78, 5) is 27.4. The minimum absolute atomic E-state index is 0.258. The number of aromatic nitrogens is 1. The van der Waals surface area contributed by atoms with E-state index in [0.29, 0.717) is 16.8 Å². The molecule has 0 radical (unpaired) electrons. The molecule has 0 fully saturated rings. The average Bonchev–Trinajstić information content (AvgIpc) is 2.83. The van der Waals surface area contributed by atoms with E-state index >= 15 is 0 Å². The minimum Gasteiger partial charge on any atom is -0.451 e. The van der Waals surface area contributed by atoms with E-state index in [1.165, 1.54) is 0 Å². The van der Waals surface area contributed by atoms with Gasteiger partial charge in [-0.3, -0.25) is 4.79 Å². The zero-order valence-corrected chi connectivity index (χ0v) is 16.1. The number of esters is 1. The van der Waals surface area contributed by atoms with Crippen molar-refractivity contribution in [1.82, 2.24) is 4.98 Å². The standard InChI is InChI=1S/C20H26N2O4/c1-10-7-11(2)18(12(3)8-10)22-16(24)9-26-20(25)19-13(4)17(15(6)23)14(5)21-19/h7-8,15,21,23H,9H2,1-6H3,(H,22,24)/t15-/m0/s1. The van der Waals surface area contributed by atoms with Crippen molar-refractivity contribution in [3.8, 4) is 0 Å². The molecule has 0 aliphatic carbocycles. The molecule has 0 aliphatic rings. The molecule has 1 aromatic carbocycles. The molecular formula is C20H26N2O4. The third-order valence-corrected chi connectivity index (χ3v) is 4.39. The van der Waals surface area contributed by atoms with Crippen LogP contribution in [-0.4, -0.2) is 28.6 Å². The monoisotopic (exact) mass is 358 g/mol. The quantitative estimate of drug-likeness (QED) is 0.714. The van der Waals surface area contributed by atoms with Crippen LogP contribution in [0.15, 0.2) is 12.1 Å². The van der Waals surface area contributed by atoms with E-state index in [1.807, 2.05) is 32.9 Å². The molecule has 0 spiro atoms. The lowest BCUT2D eigenvalue weighted by atomic mass is 10.1. The number of H-pyrrole nitrogens is 1. The van der Waals surface area contributed by atoms with Crippen molar-refractivity contribution >= 4 is 17.6 Å². The number of nitrogens with one attached hydrogen (secondary N) is 2. The van der Waals surface area contributed by atoms with Crippen LogP contribution in [0.2, 0.25) is 0 Å². The van der Waals surface area contributed by atoms with E-state index in [0.717, 1.165) is 22.4 Å². The van der Waals surface area contributed by atoms with E-state index in [4.69, 9.17) is 4.74 Å². The largest absolute Gasteiger partial charge is 0.451 e. The molecule has 0 bridgehead atoms. The number of rotatable bonds is 5. The third kappa shape index (κ3) is 4.14. The molecule has 1 heterocycles. The van der Waals surface area contributed by atoms with Crippen molar-refractivity contribution < 1.29 is 19.4 Å². The summed E-state index contributed by atoms with van der Waals surface area (Å²) in [6.07, 6.45) is -0.691. The van der Waals surface area contributed by atoms with Crippen LogP contribution in [0.1, 0.15) is 57.0 Å². The van der Waals surface area contributed by atoms with Gasteiger partial charge in [0, 0.05) is 16.9 Å². The molecule has 1 aromatic heterocycles. The summed E-state index contributed by atoms with van der Waals surface area (Å²) in [5.74, 6) is -1.02. The molecule has 3 N–H and O–H groups in total. The summed E-state index contributed by atoms with van der Waals surface area (Å²) in [5, 5.41) is 12.6. The van der Waals surface area contributed by atoms with Gasteiger partial charge in [-0.2, -0.15) is 0 Å². The van der Waals surface area contributed by atoms with Crippen LogP contribution in [-0.2, 0) is 9.53 Å². The highest BCUT2D eigenvalue weighted by Crippen LogP contribution is 2.25. The molecule has 0 saturated carbocycles. The second-order valence-electron chi connectivity index (χ2n) is 6.74. The second kappa shape index (κ2) is 7.74. The molecule has 6 heteroatoms. The van der Waals surface area contributed by atoms with Gasteiger partial charge in [-0.15, -0.1) is 0 Å². The number of aryl methyl sites for hydroxylation is 4. The first-order valence-electron chi connectivity index (χ1n) is 8.53. The Morgan fingerprint density at radius 2 is 1.73 bits per heavy atom. The van der Waals surface area contributed by atoms with Crippen LogP contribution in [0, 0.1) is 34.6 Å². The zero-order chi connectivity index (χ0) is 19.6. The maximum absolute atomic E-state index is 12.3. The summed E-state index contributed by atoms with van der Waals surface area (Å²) in [7, 11) is 0. The Kier molecular flexibility index (Phi) is 5.87. The number of amides is 1. The van der Waals surface area contributed by atoms with Crippen molar-refractivity contribution in [3.05, 3.63) is 51.3 Å². The highest BCUT2D eigenvalue weighted by molar-refractivity contribution is 5.96. The fourth-order valence-corrected chi connectivity index (χ4v) is 3.35. The van der Waals surface area contributed by atoms with Crippen molar-refractivity contribution in [1.29, 1.82) is 0 Å². The number of aromatic amines is 1. The van der Waals surface area contributed by atoms with Crippen LogP contribution in [0.5, 0.6) is 0 Å². The third-order valence-electron chi connectivity index (χ3n) is 4.39. The summed E-state index contributed by atoms with van der Waals surface area (Å²) in [5.41, 5.74) is 6.05. The fraction of sp³-hybridized carbons (Fsp3) is 0.400. The van der Waals surface area contributed by atoms with E-state index in [9.17, 15) is 14.7 Å². The highest BCUT2D eigenvalue weighted by Gasteiger charge is 2.21. The van der Waals surface area contributed by atoms with Gasteiger partial charge in [0.1, 0.15) is 5.69 Å². The van der Waals surface area contributed by atoms with Crippen LogP contribution in [0.4, 0.5) is 5.69 Å². The second-order valence-corrected chi connectivity index (χ2v) is 6.74. The van der Waals surface area contributed by atoms with E-state index < -0.39 is 18.0 Å². The predicted octanol–water partition coefficient (Wildman–Crippen LogP) is 3.41. The molecule has 2 rings (SSSR count). The number of carbonyl (C=O) groups is 2. The molecule has 6 nitrogen and oxygen atoms in total. The first-order valence-corrected chi connectivity index (χ1v) is 8.53. The number of benzene rings is 1. The van der Waals surface area contributed by atoms with Crippen LogP contribution in [0.3, 0.4) is 0 Å². The fourth-order valence-electron chi connectivity index (χ4n) is 3.35. The number of ether oxygens (including phenoxy) is 1. The zero-order valence-electron chi connectivity index (χ0n) is 16.1. The summed E-state index contributed by atoms with van der Waals surface area (Å²) in [6.45, 7) is 10.6. The topological polar surface area (TPSA) is 91.4 Å². The maximum atomic E-state index is 12.3. The summed E-state index contributed by atoms with van der Waals surface area (Å²) >= 11 is 0. The molecule has 140 valence electrons. The Morgan fingerprint density at radius 1 is 1.15 bits per heavy atom. The summed E-state index contributed by atoms with van der Waals surface area (Å²) in [6, 6.07) is 3.97. The van der Waals surface area contributed by atoms with Gasteiger partial charge >= 0.3 is 5.97 Å². The molecule has 1 atom stereocenters. The molecular weight excluding hydrogens is 332 g/mol.